The van der Waals surface area contributed by atoms with E-state index in [-0.39, 0.29) is 11.5 Å². The van der Waals surface area contributed by atoms with Gasteiger partial charge in [-0.1, -0.05) is 39.7 Å². The van der Waals surface area contributed by atoms with Crippen LogP contribution in [0.15, 0.2) is 51.4 Å². The van der Waals surface area contributed by atoms with Gasteiger partial charge in [-0.15, -0.1) is 0 Å². The van der Waals surface area contributed by atoms with Gasteiger partial charge in [0.25, 0.3) is 0 Å². The van der Waals surface area contributed by atoms with Crippen molar-refractivity contribution in [2.75, 3.05) is 7.11 Å². The number of fused-ring (bicyclic) bond motifs is 1. The molecule has 0 amide bonds. The molecule has 3 aromatic rings. The molecule has 0 atom stereocenters. The smallest absolute Gasteiger partial charge is 0.228 e. The number of ketones is 1. The first-order valence-corrected chi connectivity index (χ1v) is 7.33. The lowest BCUT2D eigenvalue weighted by Crippen LogP contribution is -1.98. The maximum absolute atomic E-state index is 12.5. The topological polar surface area (TPSA) is 39.4 Å². The number of ether oxygens (including phenoxy) is 1. The lowest BCUT2D eigenvalue weighted by Gasteiger charge is -2.01. The average molecular weight is 366 g/mol. The lowest BCUT2D eigenvalue weighted by atomic mass is 10.1. The first kappa shape index (κ1) is 14.2. The summed E-state index contributed by atoms with van der Waals surface area (Å²) in [5.74, 6) is 0.570. The van der Waals surface area contributed by atoms with Gasteiger partial charge in [0.1, 0.15) is 0 Å². The third kappa shape index (κ3) is 2.69. The number of methoxy groups -OCH3 is 1. The monoisotopic (exact) mass is 364 g/mol. The van der Waals surface area contributed by atoms with Crippen LogP contribution in [0, 0.1) is 0 Å². The van der Waals surface area contributed by atoms with Crippen LogP contribution in [0.2, 0.25) is 5.02 Å². The summed E-state index contributed by atoms with van der Waals surface area (Å²) < 4.78 is 11.7. The van der Waals surface area contributed by atoms with Gasteiger partial charge in [-0.25, -0.2) is 0 Å². The summed E-state index contributed by atoms with van der Waals surface area (Å²) in [6, 6.07) is 12.2. The first-order chi connectivity index (χ1) is 10.1. The molecule has 3 rings (SSSR count). The third-order valence-electron chi connectivity index (χ3n) is 3.08. The molecule has 0 N–H and O–H groups in total. The molecule has 0 spiro atoms. The molecule has 3 nitrogen and oxygen atoms in total. The highest BCUT2D eigenvalue weighted by atomic mass is 79.9. The minimum atomic E-state index is -0.189. The highest BCUT2D eigenvalue weighted by molar-refractivity contribution is 9.10. The number of furan rings is 1. The summed E-state index contributed by atoms with van der Waals surface area (Å²) >= 11 is 9.37. The van der Waals surface area contributed by atoms with Crippen LogP contribution in [0.1, 0.15) is 16.1 Å². The Morgan fingerprint density at radius 2 is 2.05 bits per heavy atom. The molecule has 0 aliphatic heterocycles. The van der Waals surface area contributed by atoms with Crippen molar-refractivity contribution in [2.24, 2.45) is 0 Å². The molecule has 1 aromatic heterocycles. The summed E-state index contributed by atoms with van der Waals surface area (Å²) in [4.78, 5) is 12.5. The normalized spacial score (nSPS) is 10.8. The zero-order valence-electron chi connectivity index (χ0n) is 11.0. The van der Waals surface area contributed by atoms with Gasteiger partial charge in [-0.2, -0.15) is 0 Å². The van der Waals surface area contributed by atoms with Gasteiger partial charge in [0, 0.05) is 26.5 Å². The molecule has 0 bridgehead atoms. The summed E-state index contributed by atoms with van der Waals surface area (Å²) in [7, 11) is 1.53. The molecule has 0 aliphatic rings. The van der Waals surface area contributed by atoms with E-state index in [2.05, 4.69) is 15.9 Å². The fraction of sp³-hybridized carbons (Fsp3) is 0.0625. The molecule has 106 valence electrons. The second-order valence-electron chi connectivity index (χ2n) is 4.48. The number of hydrogen-bond donors (Lipinski definition) is 0. The van der Waals surface area contributed by atoms with Crippen LogP contribution in [0.25, 0.3) is 11.0 Å². The van der Waals surface area contributed by atoms with Gasteiger partial charge in [0.05, 0.1) is 7.11 Å². The van der Waals surface area contributed by atoms with Crippen LogP contribution in [0.5, 0.6) is 5.75 Å². The fourth-order valence-corrected chi connectivity index (χ4v) is 2.74. The van der Waals surface area contributed by atoms with Gasteiger partial charge in [0.15, 0.2) is 17.1 Å². The number of benzene rings is 2. The van der Waals surface area contributed by atoms with Crippen molar-refractivity contribution in [2.45, 2.75) is 0 Å². The maximum Gasteiger partial charge on any atom is 0.228 e. The Kier molecular flexibility index (Phi) is 3.74. The second-order valence-corrected chi connectivity index (χ2v) is 5.83. The van der Waals surface area contributed by atoms with Crippen LogP contribution in [-0.2, 0) is 0 Å². The Morgan fingerprint density at radius 3 is 2.76 bits per heavy atom. The number of carbonyl (C=O) groups excluding carboxylic acids is 1. The molecular formula is C16H10BrClO3. The predicted octanol–water partition coefficient (Wildman–Crippen LogP) is 5.09. The molecule has 0 saturated carbocycles. The van der Waals surface area contributed by atoms with E-state index in [1.54, 1.807) is 36.4 Å². The molecule has 1 heterocycles. The third-order valence-corrected chi connectivity index (χ3v) is 3.79. The minimum Gasteiger partial charge on any atom is -0.493 e. The molecule has 0 aliphatic carbocycles. The average Bonchev–Trinajstić information content (AvgIpc) is 2.89. The van der Waals surface area contributed by atoms with E-state index in [0.717, 1.165) is 9.86 Å². The van der Waals surface area contributed by atoms with E-state index in [0.29, 0.717) is 21.9 Å². The number of rotatable bonds is 3. The van der Waals surface area contributed by atoms with Crippen molar-refractivity contribution in [1.29, 1.82) is 0 Å². The minimum absolute atomic E-state index is 0.189. The van der Waals surface area contributed by atoms with E-state index < -0.39 is 0 Å². The standard InChI is InChI=1S/C16H10BrClO3/c1-20-14-8-12(18)6-10-7-13(21-16(10)14)15(19)9-3-2-4-11(17)5-9/h2-8H,1H3. The SMILES string of the molecule is COc1cc(Cl)cc2cc(C(=O)c3cccc(Br)c3)oc12. The van der Waals surface area contributed by atoms with Crippen LogP contribution in [0.4, 0.5) is 0 Å². The first-order valence-electron chi connectivity index (χ1n) is 6.16. The molecule has 2 aromatic carbocycles. The fourth-order valence-electron chi connectivity index (χ4n) is 2.12. The van der Waals surface area contributed by atoms with E-state index in [4.69, 9.17) is 20.8 Å². The molecule has 0 fully saturated rings. The van der Waals surface area contributed by atoms with Crippen LogP contribution < -0.4 is 4.74 Å². The summed E-state index contributed by atoms with van der Waals surface area (Å²) in [6.07, 6.45) is 0. The van der Waals surface area contributed by atoms with E-state index >= 15 is 0 Å². The highest BCUT2D eigenvalue weighted by Gasteiger charge is 2.17. The van der Waals surface area contributed by atoms with Crippen LogP contribution >= 0.6 is 27.5 Å². The van der Waals surface area contributed by atoms with Gasteiger partial charge in [0.2, 0.25) is 5.78 Å². The van der Waals surface area contributed by atoms with Crippen molar-refractivity contribution in [3.63, 3.8) is 0 Å². The Hall–Kier alpha value is -1.78. The van der Waals surface area contributed by atoms with E-state index in [9.17, 15) is 4.79 Å². The van der Waals surface area contributed by atoms with E-state index in [1.807, 2.05) is 6.07 Å². The Morgan fingerprint density at radius 1 is 1.24 bits per heavy atom. The predicted molar refractivity (Wildman–Crippen MR) is 85.4 cm³/mol. The van der Waals surface area contributed by atoms with Crippen molar-refractivity contribution in [3.05, 3.63) is 63.3 Å². The largest absolute Gasteiger partial charge is 0.493 e. The molecule has 0 unspecified atom stereocenters. The molecular weight excluding hydrogens is 356 g/mol. The van der Waals surface area contributed by atoms with Crippen LogP contribution in [0.3, 0.4) is 0 Å². The zero-order valence-corrected chi connectivity index (χ0v) is 13.4. The lowest BCUT2D eigenvalue weighted by molar-refractivity contribution is 0.101. The van der Waals surface area contributed by atoms with Crippen LogP contribution in [-0.4, -0.2) is 12.9 Å². The van der Waals surface area contributed by atoms with Crippen molar-refractivity contribution >= 4 is 44.3 Å². The number of hydrogen-bond acceptors (Lipinski definition) is 3. The Balaban J connectivity index is 2.11. The quantitative estimate of drug-likeness (QED) is 0.607. The second kappa shape index (κ2) is 5.54. The molecule has 21 heavy (non-hydrogen) atoms. The highest BCUT2D eigenvalue weighted by Crippen LogP contribution is 2.33. The molecule has 0 saturated heterocycles. The van der Waals surface area contributed by atoms with Gasteiger partial charge in [-0.05, 0) is 24.3 Å². The zero-order chi connectivity index (χ0) is 15.0. The van der Waals surface area contributed by atoms with Gasteiger partial charge < -0.3 is 9.15 Å². The van der Waals surface area contributed by atoms with Gasteiger partial charge in [-0.3, -0.25) is 4.79 Å². The van der Waals surface area contributed by atoms with E-state index in [1.165, 1.54) is 7.11 Å². The van der Waals surface area contributed by atoms with Gasteiger partial charge >= 0.3 is 0 Å². The number of carbonyl (C=O) groups is 1. The summed E-state index contributed by atoms with van der Waals surface area (Å²) in [6.45, 7) is 0. The van der Waals surface area contributed by atoms with Crippen molar-refractivity contribution < 1.29 is 13.9 Å². The molecule has 5 heteroatoms. The van der Waals surface area contributed by atoms with Crippen molar-refractivity contribution in [1.82, 2.24) is 0 Å². The Bertz CT molecular complexity index is 839. The molecule has 0 radical (unpaired) electrons. The maximum atomic E-state index is 12.5. The Labute approximate surface area is 134 Å². The summed E-state index contributed by atoms with van der Waals surface area (Å²) in [5, 5.41) is 1.26. The summed E-state index contributed by atoms with van der Waals surface area (Å²) in [5.41, 5.74) is 1.06. The van der Waals surface area contributed by atoms with Crippen molar-refractivity contribution in [3.8, 4) is 5.75 Å². The number of halogens is 2.